The maximum absolute atomic E-state index is 10.3. The van der Waals surface area contributed by atoms with Crippen molar-refractivity contribution < 1.29 is 5.11 Å². The smallest absolute Gasteiger partial charge is 0.0669 e. The summed E-state index contributed by atoms with van der Waals surface area (Å²) in [5, 5.41) is 13.8. The lowest BCUT2D eigenvalue weighted by Crippen LogP contribution is -2.48. The molecule has 0 aromatic carbocycles. The third-order valence-corrected chi connectivity index (χ3v) is 4.90. The predicted octanol–water partition coefficient (Wildman–Crippen LogP) is 2.39. The number of likely N-dealkylation sites (N-methyl/N-ethyl adjacent to an activating group) is 1. The van der Waals surface area contributed by atoms with E-state index in [0.717, 1.165) is 32.0 Å². The molecule has 3 heteroatoms. The van der Waals surface area contributed by atoms with E-state index in [9.17, 15) is 5.11 Å². The van der Waals surface area contributed by atoms with Crippen LogP contribution >= 0.6 is 0 Å². The molecule has 2 atom stereocenters. The van der Waals surface area contributed by atoms with Crippen LogP contribution in [0, 0.1) is 5.92 Å². The van der Waals surface area contributed by atoms with Crippen molar-refractivity contribution in [3.8, 4) is 0 Å². The second kappa shape index (κ2) is 8.23. The standard InChI is InChI=1S/C16H32N2O/c1-2-17-12-15-9-5-6-10-18(15)13-16(19)11-14-7-3-4-8-14/h14-17,19H,2-13H2,1H3. The van der Waals surface area contributed by atoms with E-state index in [4.69, 9.17) is 0 Å². The van der Waals surface area contributed by atoms with E-state index in [-0.39, 0.29) is 6.10 Å². The lowest BCUT2D eigenvalue weighted by molar-refractivity contribution is 0.0542. The van der Waals surface area contributed by atoms with E-state index in [2.05, 4.69) is 17.1 Å². The van der Waals surface area contributed by atoms with Gasteiger partial charge in [-0.3, -0.25) is 4.90 Å². The molecular formula is C16H32N2O. The fourth-order valence-corrected chi connectivity index (χ4v) is 3.82. The quantitative estimate of drug-likeness (QED) is 0.744. The number of nitrogens with zero attached hydrogens (tertiary/aromatic N) is 1. The van der Waals surface area contributed by atoms with Gasteiger partial charge in [0.25, 0.3) is 0 Å². The van der Waals surface area contributed by atoms with Gasteiger partial charge in [-0.05, 0) is 38.3 Å². The fourth-order valence-electron chi connectivity index (χ4n) is 3.82. The number of likely N-dealkylation sites (tertiary alicyclic amines) is 1. The van der Waals surface area contributed by atoms with Gasteiger partial charge in [-0.2, -0.15) is 0 Å². The first-order chi connectivity index (χ1) is 9.29. The highest BCUT2D eigenvalue weighted by Crippen LogP contribution is 2.29. The Morgan fingerprint density at radius 2 is 1.89 bits per heavy atom. The van der Waals surface area contributed by atoms with Crippen molar-refractivity contribution in [3.63, 3.8) is 0 Å². The van der Waals surface area contributed by atoms with E-state index in [1.807, 2.05) is 0 Å². The molecule has 2 unspecified atom stereocenters. The molecule has 2 aliphatic rings. The van der Waals surface area contributed by atoms with Crippen molar-refractivity contribution >= 4 is 0 Å². The summed E-state index contributed by atoms with van der Waals surface area (Å²) in [6.07, 6.45) is 10.3. The van der Waals surface area contributed by atoms with Gasteiger partial charge in [0.05, 0.1) is 6.10 Å². The summed E-state index contributed by atoms with van der Waals surface area (Å²) in [5.74, 6) is 0.798. The van der Waals surface area contributed by atoms with Crippen LogP contribution in [0.4, 0.5) is 0 Å². The number of rotatable bonds is 7. The number of aliphatic hydroxyl groups is 1. The van der Waals surface area contributed by atoms with Crippen LogP contribution < -0.4 is 5.32 Å². The first-order valence-electron chi connectivity index (χ1n) is 8.42. The fraction of sp³-hybridized carbons (Fsp3) is 1.00. The van der Waals surface area contributed by atoms with Gasteiger partial charge < -0.3 is 10.4 Å². The van der Waals surface area contributed by atoms with Gasteiger partial charge in [-0.1, -0.05) is 39.0 Å². The molecule has 1 heterocycles. The minimum atomic E-state index is -0.106. The Morgan fingerprint density at radius 3 is 2.63 bits per heavy atom. The number of nitrogens with one attached hydrogen (secondary N) is 1. The summed E-state index contributed by atoms with van der Waals surface area (Å²) in [5.41, 5.74) is 0. The molecule has 1 aliphatic carbocycles. The van der Waals surface area contributed by atoms with Crippen molar-refractivity contribution in [1.29, 1.82) is 0 Å². The molecule has 2 rings (SSSR count). The van der Waals surface area contributed by atoms with Crippen LogP contribution in [0.3, 0.4) is 0 Å². The summed E-state index contributed by atoms with van der Waals surface area (Å²) < 4.78 is 0. The Labute approximate surface area is 118 Å². The Bertz CT molecular complexity index is 241. The van der Waals surface area contributed by atoms with Crippen LogP contribution in [0.1, 0.15) is 58.3 Å². The zero-order valence-electron chi connectivity index (χ0n) is 12.6. The second-order valence-corrected chi connectivity index (χ2v) is 6.49. The molecule has 1 saturated heterocycles. The van der Waals surface area contributed by atoms with Gasteiger partial charge in [-0.25, -0.2) is 0 Å². The first kappa shape index (κ1) is 15.3. The Morgan fingerprint density at radius 1 is 1.16 bits per heavy atom. The average Bonchev–Trinajstić information content (AvgIpc) is 2.90. The Hall–Kier alpha value is -0.120. The van der Waals surface area contributed by atoms with Gasteiger partial charge in [0.15, 0.2) is 0 Å². The molecule has 112 valence electrons. The molecule has 0 radical (unpaired) electrons. The van der Waals surface area contributed by atoms with Crippen LogP contribution in [0.15, 0.2) is 0 Å². The van der Waals surface area contributed by atoms with E-state index >= 15 is 0 Å². The highest BCUT2D eigenvalue weighted by molar-refractivity contribution is 4.81. The van der Waals surface area contributed by atoms with Crippen molar-refractivity contribution in [1.82, 2.24) is 10.2 Å². The normalized spacial score (nSPS) is 27.8. The third kappa shape index (κ3) is 5.05. The molecule has 1 aliphatic heterocycles. The highest BCUT2D eigenvalue weighted by atomic mass is 16.3. The summed E-state index contributed by atoms with van der Waals surface area (Å²) in [7, 11) is 0. The van der Waals surface area contributed by atoms with Crippen LogP contribution in [0.25, 0.3) is 0 Å². The van der Waals surface area contributed by atoms with Crippen LogP contribution in [-0.2, 0) is 0 Å². The average molecular weight is 268 g/mol. The molecule has 0 aromatic rings. The van der Waals surface area contributed by atoms with Gasteiger partial charge in [0.1, 0.15) is 0 Å². The molecule has 0 bridgehead atoms. The van der Waals surface area contributed by atoms with Gasteiger partial charge in [0.2, 0.25) is 0 Å². The van der Waals surface area contributed by atoms with Crippen molar-refractivity contribution in [2.24, 2.45) is 5.92 Å². The maximum atomic E-state index is 10.3. The molecule has 2 N–H and O–H groups in total. The van der Waals surface area contributed by atoms with Gasteiger partial charge >= 0.3 is 0 Å². The minimum absolute atomic E-state index is 0.106. The highest BCUT2D eigenvalue weighted by Gasteiger charge is 2.25. The minimum Gasteiger partial charge on any atom is -0.392 e. The topological polar surface area (TPSA) is 35.5 Å². The van der Waals surface area contributed by atoms with Crippen molar-refractivity contribution in [2.75, 3.05) is 26.2 Å². The number of β-amino-alcohol motifs (C(OH)–C–C–N with tert-alkyl or cyclic N) is 1. The molecule has 0 spiro atoms. The molecular weight excluding hydrogens is 236 g/mol. The summed E-state index contributed by atoms with van der Waals surface area (Å²) >= 11 is 0. The van der Waals surface area contributed by atoms with E-state index in [0.29, 0.717) is 6.04 Å². The summed E-state index contributed by atoms with van der Waals surface area (Å²) in [6.45, 7) is 6.38. The van der Waals surface area contributed by atoms with E-state index < -0.39 is 0 Å². The number of aliphatic hydroxyl groups excluding tert-OH is 1. The lowest BCUT2D eigenvalue weighted by atomic mass is 9.97. The van der Waals surface area contributed by atoms with Crippen molar-refractivity contribution in [2.45, 2.75) is 70.4 Å². The van der Waals surface area contributed by atoms with E-state index in [1.54, 1.807) is 0 Å². The van der Waals surface area contributed by atoms with Crippen LogP contribution in [0.2, 0.25) is 0 Å². The second-order valence-electron chi connectivity index (χ2n) is 6.49. The number of hydrogen-bond donors (Lipinski definition) is 2. The molecule has 3 nitrogen and oxygen atoms in total. The largest absolute Gasteiger partial charge is 0.392 e. The molecule has 19 heavy (non-hydrogen) atoms. The maximum Gasteiger partial charge on any atom is 0.0669 e. The molecule has 0 amide bonds. The summed E-state index contributed by atoms with van der Waals surface area (Å²) in [6, 6.07) is 0.645. The first-order valence-corrected chi connectivity index (χ1v) is 8.42. The molecule has 1 saturated carbocycles. The molecule has 2 fully saturated rings. The zero-order chi connectivity index (χ0) is 13.5. The number of hydrogen-bond acceptors (Lipinski definition) is 3. The SMILES string of the molecule is CCNCC1CCCCN1CC(O)CC1CCCC1. The third-order valence-electron chi connectivity index (χ3n) is 4.90. The zero-order valence-corrected chi connectivity index (χ0v) is 12.6. The Kier molecular flexibility index (Phi) is 6.62. The predicted molar refractivity (Wildman–Crippen MR) is 80.3 cm³/mol. The molecule has 0 aromatic heterocycles. The van der Waals surface area contributed by atoms with Gasteiger partial charge in [-0.15, -0.1) is 0 Å². The van der Waals surface area contributed by atoms with E-state index in [1.165, 1.54) is 51.5 Å². The van der Waals surface area contributed by atoms with Gasteiger partial charge in [0, 0.05) is 19.1 Å². The lowest BCUT2D eigenvalue weighted by Gasteiger charge is -2.37. The van der Waals surface area contributed by atoms with Crippen molar-refractivity contribution in [3.05, 3.63) is 0 Å². The van der Waals surface area contributed by atoms with Crippen LogP contribution in [-0.4, -0.2) is 48.3 Å². The number of piperidine rings is 1. The summed E-state index contributed by atoms with van der Waals surface area (Å²) in [4.78, 5) is 2.53. The Balaban J connectivity index is 1.73. The monoisotopic (exact) mass is 268 g/mol. The van der Waals surface area contributed by atoms with Crippen LogP contribution in [0.5, 0.6) is 0 Å².